The van der Waals surface area contributed by atoms with Gasteiger partial charge in [-0.05, 0) is 30.7 Å². The molecule has 0 saturated heterocycles. The monoisotopic (exact) mass is 227 g/mol. The summed E-state index contributed by atoms with van der Waals surface area (Å²) in [6.45, 7) is 1.97. The molecule has 0 saturated carbocycles. The molecule has 0 atom stereocenters. The van der Waals surface area contributed by atoms with Gasteiger partial charge in [0, 0.05) is 24.0 Å². The van der Waals surface area contributed by atoms with Crippen LogP contribution in [0.3, 0.4) is 0 Å². The highest BCUT2D eigenvalue weighted by atomic mass is 16.2. The molecule has 1 aliphatic rings. The number of aromatic nitrogens is 2. The number of aryl methyl sites for hydroxylation is 1. The standard InChI is InChI=1S/C13H13N3O/c1-8-5-11(15-14-8)9-3-4-12-10(6-9)7-13(17)16(12)2/h3-6H,7H2,1-2H3,(H,14,15). The first-order valence-electron chi connectivity index (χ1n) is 5.57. The van der Waals surface area contributed by atoms with Crippen molar-refractivity contribution < 1.29 is 4.79 Å². The highest BCUT2D eigenvalue weighted by molar-refractivity contribution is 6.01. The number of carbonyl (C=O) groups is 1. The van der Waals surface area contributed by atoms with Crippen LogP contribution in [0, 0.1) is 6.92 Å². The number of nitrogens with one attached hydrogen (secondary N) is 1. The molecule has 1 N–H and O–H groups in total. The minimum Gasteiger partial charge on any atom is -0.315 e. The maximum Gasteiger partial charge on any atom is 0.231 e. The van der Waals surface area contributed by atoms with E-state index in [1.165, 1.54) is 0 Å². The minimum absolute atomic E-state index is 0.148. The van der Waals surface area contributed by atoms with Crippen molar-refractivity contribution in [2.24, 2.45) is 0 Å². The molecule has 1 aromatic carbocycles. The number of fused-ring (bicyclic) bond motifs is 1. The van der Waals surface area contributed by atoms with Crippen LogP contribution in [-0.4, -0.2) is 23.2 Å². The summed E-state index contributed by atoms with van der Waals surface area (Å²) in [6.07, 6.45) is 0.489. The second-order valence-electron chi connectivity index (χ2n) is 4.41. The number of likely N-dealkylation sites (N-methyl/N-ethyl adjacent to an activating group) is 1. The van der Waals surface area contributed by atoms with Crippen LogP contribution in [0.2, 0.25) is 0 Å². The predicted octanol–water partition coefficient (Wildman–Crippen LogP) is 1.90. The lowest BCUT2D eigenvalue weighted by Gasteiger charge is -2.09. The van der Waals surface area contributed by atoms with Crippen molar-refractivity contribution in [2.45, 2.75) is 13.3 Å². The van der Waals surface area contributed by atoms with E-state index >= 15 is 0 Å². The lowest BCUT2D eigenvalue weighted by atomic mass is 10.1. The topological polar surface area (TPSA) is 49.0 Å². The van der Waals surface area contributed by atoms with Gasteiger partial charge in [-0.1, -0.05) is 6.07 Å². The average molecular weight is 227 g/mol. The number of carbonyl (C=O) groups excluding carboxylic acids is 1. The second kappa shape index (κ2) is 3.45. The molecule has 17 heavy (non-hydrogen) atoms. The third kappa shape index (κ3) is 1.53. The Morgan fingerprint density at radius 3 is 2.88 bits per heavy atom. The number of rotatable bonds is 1. The summed E-state index contributed by atoms with van der Waals surface area (Å²) in [5.41, 5.74) is 5.10. The number of hydrogen-bond donors (Lipinski definition) is 1. The Bertz CT molecular complexity index is 600. The Kier molecular flexibility index (Phi) is 2.04. The van der Waals surface area contributed by atoms with Crippen molar-refractivity contribution in [1.82, 2.24) is 10.2 Å². The molecule has 0 bridgehead atoms. The van der Waals surface area contributed by atoms with E-state index in [0.717, 1.165) is 28.2 Å². The fourth-order valence-corrected chi connectivity index (χ4v) is 2.20. The number of aromatic amines is 1. The van der Waals surface area contributed by atoms with Crippen LogP contribution in [0.4, 0.5) is 5.69 Å². The molecule has 4 heteroatoms. The van der Waals surface area contributed by atoms with Crippen LogP contribution >= 0.6 is 0 Å². The summed E-state index contributed by atoms with van der Waals surface area (Å²) in [6, 6.07) is 8.04. The van der Waals surface area contributed by atoms with Crippen LogP contribution in [0.1, 0.15) is 11.3 Å². The van der Waals surface area contributed by atoms with Gasteiger partial charge in [0.05, 0.1) is 12.1 Å². The average Bonchev–Trinajstić information content (AvgIpc) is 2.85. The molecule has 1 amide bonds. The summed E-state index contributed by atoms with van der Waals surface area (Å²) in [4.78, 5) is 13.3. The van der Waals surface area contributed by atoms with Gasteiger partial charge in [-0.2, -0.15) is 5.10 Å². The molecule has 0 radical (unpaired) electrons. The third-order valence-corrected chi connectivity index (χ3v) is 3.16. The quantitative estimate of drug-likeness (QED) is 0.809. The summed E-state index contributed by atoms with van der Waals surface area (Å²) in [5.74, 6) is 0.148. The molecule has 1 aliphatic heterocycles. The first kappa shape index (κ1) is 10.1. The van der Waals surface area contributed by atoms with Gasteiger partial charge in [0.15, 0.2) is 0 Å². The van der Waals surface area contributed by atoms with Gasteiger partial charge >= 0.3 is 0 Å². The molecule has 0 spiro atoms. The third-order valence-electron chi connectivity index (χ3n) is 3.16. The van der Waals surface area contributed by atoms with Crippen molar-refractivity contribution >= 4 is 11.6 Å². The molecule has 2 aromatic rings. The Morgan fingerprint density at radius 1 is 1.35 bits per heavy atom. The molecule has 1 aromatic heterocycles. The van der Waals surface area contributed by atoms with E-state index in [2.05, 4.69) is 10.2 Å². The predicted molar refractivity (Wildman–Crippen MR) is 65.9 cm³/mol. The highest BCUT2D eigenvalue weighted by Crippen LogP contribution is 2.31. The van der Waals surface area contributed by atoms with Gasteiger partial charge in [-0.3, -0.25) is 9.89 Å². The Labute approximate surface area is 99.3 Å². The number of hydrogen-bond acceptors (Lipinski definition) is 2. The molecule has 2 heterocycles. The maximum absolute atomic E-state index is 11.6. The van der Waals surface area contributed by atoms with Gasteiger partial charge in [-0.25, -0.2) is 0 Å². The number of benzene rings is 1. The Balaban J connectivity index is 2.06. The zero-order chi connectivity index (χ0) is 12.0. The van der Waals surface area contributed by atoms with Crippen LogP contribution in [0.25, 0.3) is 11.3 Å². The van der Waals surface area contributed by atoms with E-state index < -0.39 is 0 Å². The fourth-order valence-electron chi connectivity index (χ4n) is 2.20. The van der Waals surface area contributed by atoms with Gasteiger partial charge in [0.1, 0.15) is 0 Å². The maximum atomic E-state index is 11.6. The SMILES string of the molecule is Cc1cc(-c2ccc3c(c2)CC(=O)N3C)n[nH]1. The van der Waals surface area contributed by atoms with E-state index in [4.69, 9.17) is 0 Å². The van der Waals surface area contributed by atoms with Gasteiger partial charge in [-0.15, -0.1) is 0 Å². The molecular weight excluding hydrogens is 214 g/mol. The van der Waals surface area contributed by atoms with Crippen LogP contribution < -0.4 is 4.90 Å². The van der Waals surface area contributed by atoms with Crippen molar-refractivity contribution in [3.8, 4) is 11.3 Å². The van der Waals surface area contributed by atoms with Gasteiger partial charge in [0.25, 0.3) is 0 Å². The van der Waals surface area contributed by atoms with Gasteiger partial charge < -0.3 is 4.90 Å². The lowest BCUT2D eigenvalue weighted by Crippen LogP contribution is -2.20. The molecular formula is C13H13N3O. The van der Waals surface area contributed by atoms with E-state index in [9.17, 15) is 4.79 Å². The van der Waals surface area contributed by atoms with E-state index in [-0.39, 0.29) is 5.91 Å². The summed E-state index contributed by atoms with van der Waals surface area (Å²) < 4.78 is 0. The van der Waals surface area contributed by atoms with Crippen molar-refractivity contribution in [3.63, 3.8) is 0 Å². The molecule has 0 aliphatic carbocycles. The zero-order valence-electron chi connectivity index (χ0n) is 9.82. The summed E-state index contributed by atoms with van der Waals surface area (Å²) >= 11 is 0. The highest BCUT2D eigenvalue weighted by Gasteiger charge is 2.24. The van der Waals surface area contributed by atoms with Gasteiger partial charge in [0.2, 0.25) is 5.91 Å². The van der Waals surface area contributed by atoms with E-state index in [0.29, 0.717) is 6.42 Å². The second-order valence-corrected chi connectivity index (χ2v) is 4.41. The summed E-state index contributed by atoms with van der Waals surface area (Å²) in [7, 11) is 1.81. The molecule has 4 nitrogen and oxygen atoms in total. The van der Waals surface area contributed by atoms with Crippen molar-refractivity contribution in [2.75, 3.05) is 11.9 Å². The normalized spacial score (nSPS) is 14.2. The number of H-pyrrole nitrogens is 1. The zero-order valence-corrected chi connectivity index (χ0v) is 9.82. The number of anilines is 1. The molecule has 0 unspecified atom stereocenters. The summed E-state index contributed by atoms with van der Waals surface area (Å²) in [5, 5.41) is 7.15. The Morgan fingerprint density at radius 2 is 2.18 bits per heavy atom. The smallest absolute Gasteiger partial charge is 0.231 e. The first-order chi connectivity index (χ1) is 8.15. The van der Waals surface area contributed by atoms with E-state index in [1.54, 1.807) is 4.90 Å². The fraction of sp³-hybridized carbons (Fsp3) is 0.231. The Hall–Kier alpha value is -2.10. The minimum atomic E-state index is 0.148. The molecule has 86 valence electrons. The first-order valence-corrected chi connectivity index (χ1v) is 5.57. The van der Waals surface area contributed by atoms with E-state index in [1.807, 2.05) is 38.2 Å². The number of amides is 1. The lowest BCUT2D eigenvalue weighted by molar-refractivity contribution is -0.117. The largest absolute Gasteiger partial charge is 0.315 e. The number of nitrogens with zero attached hydrogens (tertiary/aromatic N) is 2. The van der Waals surface area contributed by atoms with Crippen molar-refractivity contribution in [1.29, 1.82) is 0 Å². The van der Waals surface area contributed by atoms with Crippen molar-refractivity contribution in [3.05, 3.63) is 35.5 Å². The molecule has 0 fully saturated rings. The van der Waals surface area contributed by atoms with Crippen LogP contribution in [0.15, 0.2) is 24.3 Å². The van der Waals surface area contributed by atoms with Crippen LogP contribution in [0.5, 0.6) is 0 Å². The molecule has 3 rings (SSSR count). The van der Waals surface area contributed by atoms with Crippen LogP contribution in [-0.2, 0) is 11.2 Å².